The van der Waals surface area contributed by atoms with Gasteiger partial charge < -0.3 is 0 Å². The molecule has 2 rings (SSSR count). The molecule has 0 aromatic carbocycles. The molecular formula is C8H12. The van der Waals surface area contributed by atoms with Gasteiger partial charge >= 0.3 is 0 Å². The number of hydrogen-bond acceptors (Lipinski definition) is 0. The topological polar surface area (TPSA) is 0 Å². The van der Waals surface area contributed by atoms with Crippen molar-refractivity contribution in [3.8, 4) is 0 Å². The summed E-state index contributed by atoms with van der Waals surface area (Å²) in [6.07, 6.45) is 8.95. The lowest BCUT2D eigenvalue weighted by Crippen LogP contribution is -1.98. The van der Waals surface area contributed by atoms with Crippen LogP contribution in [0.2, 0.25) is 0 Å². The Bertz CT molecular complexity index is 135. The first-order valence-corrected chi connectivity index (χ1v) is 3.48. The summed E-state index contributed by atoms with van der Waals surface area (Å²) in [6.45, 7) is 2.40. The average molecular weight is 108 g/mol. The molecule has 0 spiro atoms. The summed E-state index contributed by atoms with van der Waals surface area (Å²) in [5.41, 5.74) is 0.759. The van der Waals surface area contributed by atoms with E-state index in [-0.39, 0.29) is 0 Å². The quantitative estimate of drug-likeness (QED) is 0.418. The van der Waals surface area contributed by atoms with Gasteiger partial charge in [0.1, 0.15) is 0 Å². The van der Waals surface area contributed by atoms with Crippen LogP contribution in [-0.4, -0.2) is 0 Å². The lowest BCUT2D eigenvalue weighted by molar-refractivity contribution is 0.481. The Kier molecular flexibility index (Phi) is 0.677. The molecule has 0 radical (unpaired) electrons. The first-order chi connectivity index (χ1) is 3.81. The summed E-state index contributed by atoms with van der Waals surface area (Å²) in [4.78, 5) is 0. The number of hydrogen-bond donors (Lipinski definition) is 0. The van der Waals surface area contributed by atoms with Crippen molar-refractivity contribution in [3.05, 3.63) is 12.2 Å². The van der Waals surface area contributed by atoms with Gasteiger partial charge in [0.05, 0.1) is 0 Å². The Morgan fingerprint density at radius 3 is 3.00 bits per heavy atom. The molecule has 2 atom stereocenters. The van der Waals surface area contributed by atoms with Gasteiger partial charge in [-0.25, -0.2) is 0 Å². The molecule has 0 heterocycles. The van der Waals surface area contributed by atoms with Crippen LogP contribution >= 0.6 is 0 Å². The molecule has 2 aliphatic carbocycles. The molecule has 0 N–H and O–H groups in total. The zero-order valence-corrected chi connectivity index (χ0v) is 5.35. The molecule has 0 saturated heterocycles. The zero-order valence-electron chi connectivity index (χ0n) is 5.35. The second kappa shape index (κ2) is 1.18. The predicted octanol–water partition coefficient (Wildman–Crippen LogP) is 2.36. The van der Waals surface area contributed by atoms with Gasteiger partial charge in [-0.15, -0.1) is 0 Å². The highest BCUT2D eigenvalue weighted by molar-refractivity contribution is 5.13. The molecule has 1 saturated carbocycles. The zero-order chi connectivity index (χ0) is 5.61. The number of rotatable bonds is 0. The van der Waals surface area contributed by atoms with Gasteiger partial charge in [-0.1, -0.05) is 19.1 Å². The molecule has 8 heavy (non-hydrogen) atoms. The van der Waals surface area contributed by atoms with E-state index >= 15 is 0 Å². The van der Waals surface area contributed by atoms with Crippen molar-refractivity contribution in [2.24, 2.45) is 11.3 Å². The Balaban J connectivity index is 2.20. The lowest BCUT2D eigenvalue weighted by Gasteiger charge is -2.10. The fourth-order valence-electron chi connectivity index (χ4n) is 1.70. The maximum Gasteiger partial charge on any atom is -0.0174 e. The standard InChI is InChI=1S/C8H12/c1-8-5-3-2-4-7(8)6-8/h2,4,7H,3,5-6H2,1H3. The highest BCUT2D eigenvalue weighted by Gasteiger charge is 2.48. The van der Waals surface area contributed by atoms with Gasteiger partial charge in [0, 0.05) is 0 Å². The predicted molar refractivity (Wildman–Crippen MR) is 34.6 cm³/mol. The van der Waals surface area contributed by atoms with Crippen molar-refractivity contribution in [1.82, 2.24) is 0 Å². The van der Waals surface area contributed by atoms with Crippen LogP contribution in [0.25, 0.3) is 0 Å². The fraction of sp³-hybridized carbons (Fsp3) is 0.750. The van der Waals surface area contributed by atoms with Gasteiger partial charge in [-0.2, -0.15) is 0 Å². The monoisotopic (exact) mass is 108 g/mol. The molecule has 1 fully saturated rings. The van der Waals surface area contributed by atoms with Crippen LogP contribution < -0.4 is 0 Å². The third-order valence-corrected chi connectivity index (χ3v) is 2.67. The highest BCUT2D eigenvalue weighted by atomic mass is 14.5. The van der Waals surface area contributed by atoms with E-state index in [0.29, 0.717) is 0 Å². The minimum atomic E-state index is 0.759. The first-order valence-electron chi connectivity index (χ1n) is 3.48. The maximum absolute atomic E-state index is 2.40. The largest absolute Gasteiger partial charge is 0.0882 e. The minimum absolute atomic E-state index is 0.759. The molecule has 2 unspecified atom stereocenters. The third-order valence-electron chi connectivity index (χ3n) is 2.67. The Morgan fingerprint density at radius 1 is 1.62 bits per heavy atom. The molecule has 0 heteroatoms. The van der Waals surface area contributed by atoms with Gasteiger partial charge in [0.15, 0.2) is 0 Å². The van der Waals surface area contributed by atoms with E-state index in [1.807, 2.05) is 0 Å². The third kappa shape index (κ3) is 0.460. The van der Waals surface area contributed by atoms with E-state index in [1.54, 1.807) is 0 Å². The Morgan fingerprint density at radius 2 is 2.50 bits per heavy atom. The Labute approximate surface area is 50.6 Å². The number of fused-ring (bicyclic) bond motifs is 1. The van der Waals surface area contributed by atoms with Gasteiger partial charge in [-0.3, -0.25) is 0 Å². The minimum Gasteiger partial charge on any atom is -0.0882 e. The summed E-state index contributed by atoms with van der Waals surface area (Å²) < 4.78 is 0. The first kappa shape index (κ1) is 4.60. The molecule has 44 valence electrons. The van der Waals surface area contributed by atoms with Crippen LogP contribution in [0.5, 0.6) is 0 Å². The van der Waals surface area contributed by atoms with E-state index in [0.717, 1.165) is 11.3 Å². The van der Waals surface area contributed by atoms with Crippen LogP contribution in [0.3, 0.4) is 0 Å². The van der Waals surface area contributed by atoms with Crippen molar-refractivity contribution < 1.29 is 0 Å². The smallest absolute Gasteiger partial charge is 0.0174 e. The molecule has 0 aromatic heterocycles. The van der Waals surface area contributed by atoms with Gasteiger partial charge in [0.2, 0.25) is 0 Å². The van der Waals surface area contributed by atoms with Crippen molar-refractivity contribution in [1.29, 1.82) is 0 Å². The summed E-state index contributed by atoms with van der Waals surface area (Å²) in [5.74, 6) is 0.969. The average Bonchev–Trinajstić information content (AvgIpc) is 2.39. The van der Waals surface area contributed by atoms with E-state index in [2.05, 4.69) is 19.1 Å². The van der Waals surface area contributed by atoms with Gasteiger partial charge in [0.25, 0.3) is 0 Å². The van der Waals surface area contributed by atoms with Crippen molar-refractivity contribution >= 4 is 0 Å². The summed E-state index contributed by atoms with van der Waals surface area (Å²) in [6, 6.07) is 0. The summed E-state index contributed by atoms with van der Waals surface area (Å²) >= 11 is 0. The van der Waals surface area contributed by atoms with Crippen molar-refractivity contribution in [2.75, 3.05) is 0 Å². The van der Waals surface area contributed by atoms with E-state index < -0.39 is 0 Å². The van der Waals surface area contributed by atoms with Crippen LogP contribution in [-0.2, 0) is 0 Å². The van der Waals surface area contributed by atoms with Crippen molar-refractivity contribution in [3.63, 3.8) is 0 Å². The lowest BCUT2D eigenvalue weighted by atomic mass is 9.95. The summed E-state index contributed by atoms with van der Waals surface area (Å²) in [7, 11) is 0. The van der Waals surface area contributed by atoms with Crippen LogP contribution in [0.1, 0.15) is 26.2 Å². The van der Waals surface area contributed by atoms with Crippen LogP contribution in [0.15, 0.2) is 12.2 Å². The van der Waals surface area contributed by atoms with Crippen LogP contribution in [0.4, 0.5) is 0 Å². The van der Waals surface area contributed by atoms with E-state index in [9.17, 15) is 0 Å². The van der Waals surface area contributed by atoms with Crippen LogP contribution in [0, 0.1) is 11.3 Å². The molecule has 0 nitrogen and oxygen atoms in total. The molecule has 0 aromatic rings. The molecular weight excluding hydrogens is 96.1 g/mol. The molecule has 2 aliphatic rings. The highest BCUT2D eigenvalue weighted by Crippen LogP contribution is 2.58. The molecule has 0 amide bonds. The normalized spacial score (nSPS) is 50.9. The van der Waals surface area contributed by atoms with E-state index in [4.69, 9.17) is 0 Å². The second-order valence-electron chi connectivity index (χ2n) is 3.43. The maximum atomic E-state index is 2.40. The van der Waals surface area contributed by atoms with Gasteiger partial charge in [-0.05, 0) is 30.6 Å². The Hall–Kier alpha value is -0.260. The molecule has 0 aliphatic heterocycles. The SMILES string of the molecule is CC12CCC=CC1C2. The fourth-order valence-corrected chi connectivity index (χ4v) is 1.70. The number of allylic oxidation sites excluding steroid dienone is 2. The molecule has 0 bridgehead atoms. The summed E-state index contributed by atoms with van der Waals surface area (Å²) in [5, 5.41) is 0. The van der Waals surface area contributed by atoms with E-state index in [1.165, 1.54) is 19.3 Å². The van der Waals surface area contributed by atoms with Crippen molar-refractivity contribution in [2.45, 2.75) is 26.2 Å². The second-order valence-corrected chi connectivity index (χ2v) is 3.43.